The molecule has 4 atom stereocenters. The Morgan fingerprint density at radius 2 is 0.795 bits per heavy atom. The smallest absolute Gasteiger partial charge is 0.252 e. The van der Waals surface area contributed by atoms with Crippen LogP contribution in [0.5, 0.6) is 0 Å². The van der Waals surface area contributed by atoms with Crippen molar-refractivity contribution in [3.63, 3.8) is 0 Å². The second-order valence-electron chi connectivity index (χ2n) is 24.6. The first kappa shape index (κ1) is 45.7. The second-order valence-corrected chi connectivity index (χ2v) is 26.7. The maximum Gasteiger partial charge on any atom is 0.252 e. The lowest BCUT2D eigenvalue weighted by molar-refractivity contribution is 0.195. The molecule has 6 heterocycles. The number of rotatable bonds is 4. The van der Waals surface area contributed by atoms with Gasteiger partial charge in [0.25, 0.3) is 6.71 Å². The molecule has 0 N–H and O–H groups in total. The van der Waals surface area contributed by atoms with Crippen LogP contribution in [0.1, 0.15) is 95.8 Å². The quantitative estimate of drug-likeness (QED) is 0.163. The van der Waals surface area contributed by atoms with Crippen LogP contribution < -0.4 is 36.0 Å². The third kappa shape index (κ3) is 5.71. The molecule has 380 valence electrons. The first-order valence-electron chi connectivity index (χ1n) is 28.7. The highest BCUT2D eigenvalue weighted by atomic mass is 32.1. The second kappa shape index (κ2) is 15.9. The van der Waals surface area contributed by atoms with Crippen LogP contribution in [0.4, 0.5) is 56.9 Å². The predicted octanol–water partition coefficient (Wildman–Crippen LogP) is 18.3. The molecule has 11 aromatic rings. The molecule has 0 amide bonds. The van der Waals surface area contributed by atoms with E-state index in [0.717, 1.165) is 12.8 Å². The topological polar surface area (TPSA) is 13.0 Å². The van der Waals surface area contributed by atoms with Gasteiger partial charge >= 0.3 is 0 Å². The molecule has 9 aromatic carbocycles. The van der Waals surface area contributed by atoms with Crippen LogP contribution in [0.3, 0.4) is 0 Å². The van der Waals surface area contributed by atoms with Gasteiger partial charge in [0.2, 0.25) is 0 Å². The van der Waals surface area contributed by atoms with Crippen molar-refractivity contribution in [2.45, 2.75) is 108 Å². The van der Waals surface area contributed by atoms with Crippen molar-refractivity contribution in [3.8, 4) is 0 Å². The van der Waals surface area contributed by atoms with Gasteiger partial charge in [-0.15, -0.1) is 22.7 Å². The van der Waals surface area contributed by atoms with E-state index in [1.807, 2.05) is 22.7 Å². The van der Waals surface area contributed by atoms with E-state index in [9.17, 15) is 0 Å². The summed E-state index contributed by atoms with van der Waals surface area (Å²) in [6.07, 6.45) is 9.73. The first-order chi connectivity index (χ1) is 38.1. The molecule has 2 saturated carbocycles. The van der Waals surface area contributed by atoms with Crippen LogP contribution in [0.25, 0.3) is 40.3 Å². The number of fused-ring (bicyclic) bond motifs is 16. The van der Waals surface area contributed by atoms with Gasteiger partial charge in [-0.3, -0.25) is 0 Å². The van der Waals surface area contributed by atoms with Gasteiger partial charge in [-0.2, -0.15) is 0 Å². The molecule has 0 spiro atoms. The molecule has 6 aliphatic rings. The lowest BCUT2D eigenvalue weighted by atomic mass is 9.33. The Kier molecular flexibility index (Phi) is 9.33. The van der Waals surface area contributed by atoms with Crippen molar-refractivity contribution in [2.24, 2.45) is 0 Å². The summed E-state index contributed by atoms with van der Waals surface area (Å²) < 4.78 is 5.29. The summed E-state index contributed by atoms with van der Waals surface area (Å²) in [6, 6.07) is 71.2. The summed E-state index contributed by atoms with van der Waals surface area (Å²) >= 11 is 3.87. The Labute approximate surface area is 466 Å². The summed E-state index contributed by atoms with van der Waals surface area (Å²) in [4.78, 5) is 11.0. The van der Waals surface area contributed by atoms with Gasteiger partial charge in [0.15, 0.2) is 0 Å². The molecule has 7 heteroatoms. The minimum absolute atomic E-state index is 0.0257. The summed E-state index contributed by atoms with van der Waals surface area (Å²) in [5, 5.41) is 5.28. The SMILES string of the molecule is Cc1cc2c3c(c1)N(c1cccc4c1sc1ccccc14)c1cc(N4c5ccccc5C5(C)CCCCC45C)ccc1B3c1ccc(N3c4ccccc4C4(C)CCCCC34C)cc1N2c1cccc2c1sc1ccccc12. The Morgan fingerprint density at radius 1 is 0.385 bits per heavy atom. The van der Waals surface area contributed by atoms with Gasteiger partial charge in [-0.05, 0) is 152 Å². The van der Waals surface area contributed by atoms with Crippen molar-refractivity contribution in [1.29, 1.82) is 0 Å². The van der Waals surface area contributed by atoms with E-state index < -0.39 is 0 Å². The van der Waals surface area contributed by atoms with Crippen molar-refractivity contribution >= 4 is 143 Å². The molecule has 0 radical (unpaired) electrons. The molecular weight excluding hydrogens is 984 g/mol. The summed E-state index contributed by atoms with van der Waals surface area (Å²) in [5.74, 6) is 0. The lowest BCUT2D eigenvalue weighted by Crippen LogP contribution is -2.61. The number of anilines is 10. The van der Waals surface area contributed by atoms with Gasteiger partial charge in [0.05, 0.1) is 31.9 Å². The van der Waals surface area contributed by atoms with Gasteiger partial charge in [0.1, 0.15) is 0 Å². The van der Waals surface area contributed by atoms with E-state index in [2.05, 4.69) is 236 Å². The summed E-state index contributed by atoms with van der Waals surface area (Å²) in [7, 11) is 0. The number of thiophene rings is 2. The molecule has 0 bridgehead atoms. The fourth-order valence-corrected chi connectivity index (χ4v) is 19.3. The molecule has 2 aliphatic carbocycles. The van der Waals surface area contributed by atoms with E-state index >= 15 is 0 Å². The number of para-hydroxylation sites is 2. The molecule has 78 heavy (non-hydrogen) atoms. The van der Waals surface area contributed by atoms with Crippen LogP contribution in [-0.2, 0) is 10.8 Å². The zero-order valence-electron chi connectivity index (χ0n) is 45.2. The van der Waals surface area contributed by atoms with Crippen LogP contribution in [0, 0.1) is 6.92 Å². The number of aryl methyl sites for hydroxylation is 1. The van der Waals surface area contributed by atoms with Crippen molar-refractivity contribution in [2.75, 3.05) is 19.6 Å². The number of nitrogens with zero attached hydrogens (tertiary/aromatic N) is 4. The van der Waals surface area contributed by atoms with E-state index in [1.54, 1.807) is 0 Å². The molecule has 17 rings (SSSR count). The lowest BCUT2D eigenvalue weighted by Gasteiger charge is -2.51. The fourth-order valence-electron chi connectivity index (χ4n) is 16.9. The maximum absolute atomic E-state index is 2.78. The van der Waals surface area contributed by atoms with Crippen molar-refractivity contribution in [1.82, 2.24) is 0 Å². The van der Waals surface area contributed by atoms with Crippen molar-refractivity contribution < 1.29 is 0 Å². The van der Waals surface area contributed by atoms with E-state index in [4.69, 9.17) is 0 Å². The van der Waals surface area contributed by atoms with Crippen LogP contribution in [0.2, 0.25) is 0 Å². The predicted molar refractivity (Wildman–Crippen MR) is 337 cm³/mol. The highest BCUT2D eigenvalue weighted by molar-refractivity contribution is 7.27. The molecular formula is C71H61BN4S2. The van der Waals surface area contributed by atoms with Crippen LogP contribution >= 0.6 is 22.7 Å². The molecule has 2 aromatic heterocycles. The maximum atomic E-state index is 2.78. The van der Waals surface area contributed by atoms with E-state index in [0.29, 0.717) is 0 Å². The average molecular weight is 1050 g/mol. The third-order valence-electron chi connectivity index (χ3n) is 21.0. The van der Waals surface area contributed by atoms with Gasteiger partial charge < -0.3 is 19.6 Å². The molecule has 2 fully saturated rings. The third-order valence-corrected chi connectivity index (χ3v) is 23.4. The number of hydrogen-bond donors (Lipinski definition) is 0. The molecule has 4 aliphatic heterocycles. The molecule has 4 unspecified atom stereocenters. The van der Waals surface area contributed by atoms with E-state index in [1.165, 1.54) is 169 Å². The zero-order chi connectivity index (χ0) is 52.0. The molecule has 4 nitrogen and oxygen atoms in total. The zero-order valence-corrected chi connectivity index (χ0v) is 46.8. The molecule has 0 saturated heterocycles. The van der Waals surface area contributed by atoms with Gasteiger partial charge in [0, 0.05) is 87.3 Å². The largest absolute Gasteiger partial charge is 0.334 e. The Morgan fingerprint density at radius 3 is 1.28 bits per heavy atom. The monoisotopic (exact) mass is 1040 g/mol. The van der Waals surface area contributed by atoms with Gasteiger partial charge in [-0.25, -0.2) is 0 Å². The summed E-state index contributed by atoms with van der Waals surface area (Å²) in [6.45, 7) is 12.6. The highest BCUT2D eigenvalue weighted by Crippen LogP contribution is 2.63. The normalized spacial score (nSPS) is 23.6. The Bertz CT molecular complexity index is 4130. The minimum atomic E-state index is -0.0724. The van der Waals surface area contributed by atoms with Gasteiger partial charge in [-0.1, -0.05) is 149 Å². The Hall–Kier alpha value is -7.32. The number of hydrogen-bond acceptors (Lipinski definition) is 6. The van der Waals surface area contributed by atoms with E-state index in [-0.39, 0.29) is 28.6 Å². The highest BCUT2D eigenvalue weighted by Gasteiger charge is 2.59. The standard InChI is InChI=1S/C71H61BN4S2/c1-44-40-61-65-62(41-44)74(58-29-19-23-50-48-21-7-13-31-64(48)78-67(50)58)60-43-46(76-56-27-11-9-25-52(56)69(3)37-15-17-39-71(69,76)5)33-35-54(60)72(65)53-34-32-45(75-55-26-10-8-24-51(55)68(2)36-14-16-38-70(68,75)4)42-59(53)73(61)57-28-18-22-49-47-20-6-12-30-63(47)77-66(49)57/h6-13,18-35,40-43H,14-17,36-39H2,1-5H3. The Balaban J connectivity index is 0.962. The van der Waals surface area contributed by atoms with Crippen LogP contribution in [0.15, 0.2) is 182 Å². The minimum Gasteiger partial charge on any atom is -0.334 e. The first-order valence-corrected chi connectivity index (χ1v) is 30.3. The average Bonchev–Trinajstić information content (AvgIpc) is 3.46. The van der Waals surface area contributed by atoms with Crippen molar-refractivity contribution in [3.05, 3.63) is 199 Å². The van der Waals surface area contributed by atoms with Crippen LogP contribution in [-0.4, -0.2) is 17.8 Å². The summed E-state index contributed by atoms with van der Waals surface area (Å²) in [5.41, 5.74) is 21.1. The fraction of sp³-hybridized carbons (Fsp3) is 0.239. The number of benzene rings is 9.